The molecule has 0 N–H and O–H groups in total. The zero-order chi connectivity index (χ0) is 20.4. The third-order valence-corrected chi connectivity index (χ3v) is 5.56. The lowest BCUT2D eigenvalue weighted by molar-refractivity contribution is 0.0918. The Balaban J connectivity index is 2.24. The number of aryl methyl sites for hydroxylation is 1. The van der Waals surface area contributed by atoms with Gasteiger partial charge in [0, 0.05) is 19.7 Å². The van der Waals surface area contributed by atoms with E-state index in [0.29, 0.717) is 16.7 Å². The van der Waals surface area contributed by atoms with Crippen LogP contribution in [-0.2, 0) is 14.1 Å². The van der Waals surface area contributed by atoms with E-state index in [1.807, 2.05) is 18.2 Å². The molecule has 1 atom stereocenters. The number of rotatable bonds is 7. The summed E-state index contributed by atoms with van der Waals surface area (Å²) in [5, 5.41) is 0. The van der Waals surface area contributed by atoms with E-state index >= 15 is 0 Å². The molecule has 7 nitrogen and oxygen atoms in total. The molecule has 0 radical (unpaired) electrons. The fraction of sp³-hybridized carbons (Fsp3) is 0.400. The van der Waals surface area contributed by atoms with Crippen molar-refractivity contribution in [2.24, 2.45) is 14.1 Å². The predicted octanol–water partition coefficient (Wildman–Crippen LogP) is 3.20. The smallest absolute Gasteiger partial charge is 0.302 e. The van der Waals surface area contributed by atoms with Gasteiger partial charge in [0.1, 0.15) is 0 Å². The molecular formula is C20H23BrN4O3. The molecular weight excluding hydrogens is 424 g/mol. The largest absolute Gasteiger partial charge is 0.332 e. The van der Waals surface area contributed by atoms with Crippen LogP contribution in [0.5, 0.6) is 0 Å². The number of Topliss-reactive ketones (excluding diaryl/α,β-unsaturated/α-hetero) is 1. The van der Waals surface area contributed by atoms with Gasteiger partial charge in [0.2, 0.25) is 0 Å². The maximum Gasteiger partial charge on any atom is 0.332 e. The zero-order valence-corrected chi connectivity index (χ0v) is 17.8. The Kier molecular flexibility index (Phi) is 5.98. The second-order valence-electron chi connectivity index (χ2n) is 6.87. The van der Waals surface area contributed by atoms with Crippen molar-refractivity contribution in [3.05, 3.63) is 61.5 Å². The molecule has 8 heteroatoms. The van der Waals surface area contributed by atoms with Crippen molar-refractivity contribution < 1.29 is 4.79 Å². The first-order valence-corrected chi connectivity index (χ1v) is 10.1. The summed E-state index contributed by atoms with van der Waals surface area (Å²) in [6.07, 6.45) is 3.43. The van der Waals surface area contributed by atoms with E-state index in [-0.39, 0.29) is 16.9 Å². The first-order valence-electron chi connectivity index (χ1n) is 9.31. The topological polar surface area (TPSA) is 78.9 Å². The highest BCUT2D eigenvalue weighted by atomic mass is 79.9. The van der Waals surface area contributed by atoms with E-state index in [1.54, 1.807) is 23.7 Å². The molecule has 1 aromatic carbocycles. The van der Waals surface area contributed by atoms with Crippen LogP contribution in [0.2, 0.25) is 0 Å². The molecule has 28 heavy (non-hydrogen) atoms. The number of benzene rings is 1. The van der Waals surface area contributed by atoms with Crippen molar-refractivity contribution in [1.82, 2.24) is 18.7 Å². The average molecular weight is 447 g/mol. The molecule has 2 heterocycles. The van der Waals surface area contributed by atoms with E-state index < -0.39 is 17.3 Å². The Hall–Kier alpha value is -2.48. The van der Waals surface area contributed by atoms with Gasteiger partial charge in [-0.2, -0.15) is 0 Å². The van der Waals surface area contributed by atoms with Crippen molar-refractivity contribution in [3.8, 4) is 0 Å². The summed E-state index contributed by atoms with van der Waals surface area (Å²) < 4.78 is 4.38. The van der Waals surface area contributed by atoms with Gasteiger partial charge in [-0.3, -0.25) is 18.7 Å². The van der Waals surface area contributed by atoms with Crippen LogP contribution in [0.4, 0.5) is 0 Å². The van der Waals surface area contributed by atoms with Gasteiger partial charge in [-0.25, -0.2) is 9.78 Å². The van der Waals surface area contributed by atoms with Crippen molar-refractivity contribution in [1.29, 1.82) is 0 Å². The zero-order valence-electron chi connectivity index (χ0n) is 16.2. The van der Waals surface area contributed by atoms with Crippen LogP contribution in [0.3, 0.4) is 0 Å². The number of nitrogens with zero attached hydrogens (tertiary/aromatic N) is 4. The number of unbranched alkanes of at least 4 members (excludes halogenated alkanes) is 2. The van der Waals surface area contributed by atoms with E-state index in [0.717, 1.165) is 23.8 Å². The third-order valence-electron chi connectivity index (χ3n) is 5.00. The highest BCUT2D eigenvalue weighted by molar-refractivity contribution is 9.10. The van der Waals surface area contributed by atoms with E-state index in [1.165, 1.54) is 11.6 Å². The summed E-state index contributed by atoms with van der Waals surface area (Å²) in [4.78, 5) is 42.9. The highest BCUT2D eigenvalue weighted by Gasteiger charge is 2.28. The molecule has 0 unspecified atom stereocenters. The molecule has 0 aliphatic rings. The van der Waals surface area contributed by atoms with Crippen LogP contribution in [0.1, 0.15) is 49.0 Å². The van der Waals surface area contributed by atoms with E-state index in [2.05, 4.69) is 27.8 Å². The lowest BCUT2D eigenvalue weighted by Crippen LogP contribution is -2.38. The van der Waals surface area contributed by atoms with Crippen LogP contribution in [0.25, 0.3) is 11.2 Å². The minimum absolute atomic E-state index is 0.0763. The van der Waals surface area contributed by atoms with Gasteiger partial charge in [0.05, 0.1) is 6.04 Å². The van der Waals surface area contributed by atoms with Gasteiger partial charge in [-0.05, 0) is 22.4 Å². The van der Waals surface area contributed by atoms with Crippen LogP contribution in [0, 0.1) is 0 Å². The van der Waals surface area contributed by atoms with Gasteiger partial charge in [0.25, 0.3) is 5.56 Å². The number of imidazole rings is 1. The van der Waals surface area contributed by atoms with Gasteiger partial charge in [0.15, 0.2) is 21.7 Å². The summed E-state index contributed by atoms with van der Waals surface area (Å²) in [5.74, 6) is -0.0763. The minimum Gasteiger partial charge on any atom is -0.302 e. The summed E-state index contributed by atoms with van der Waals surface area (Å²) in [5.41, 5.74) is 0.187. The number of hydrogen-bond acceptors (Lipinski definition) is 4. The second-order valence-corrected chi connectivity index (χ2v) is 7.58. The molecule has 0 saturated carbocycles. The van der Waals surface area contributed by atoms with Crippen LogP contribution < -0.4 is 11.2 Å². The summed E-state index contributed by atoms with van der Waals surface area (Å²) in [6.45, 7) is 2.10. The lowest BCUT2D eigenvalue weighted by atomic mass is 9.98. The monoisotopic (exact) mass is 446 g/mol. The van der Waals surface area contributed by atoms with Gasteiger partial charge < -0.3 is 4.57 Å². The average Bonchev–Trinajstić information content (AvgIpc) is 3.05. The lowest BCUT2D eigenvalue weighted by Gasteiger charge is -2.19. The number of fused-ring (bicyclic) bond motifs is 1. The summed E-state index contributed by atoms with van der Waals surface area (Å²) in [7, 11) is 3.00. The van der Waals surface area contributed by atoms with Crippen LogP contribution >= 0.6 is 15.9 Å². The number of hydrogen-bond donors (Lipinski definition) is 0. The number of aromatic nitrogens is 4. The van der Waals surface area contributed by atoms with Gasteiger partial charge >= 0.3 is 5.69 Å². The Morgan fingerprint density at radius 3 is 2.43 bits per heavy atom. The van der Waals surface area contributed by atoms with Crippen molar-refractivity contribution in [2.75, 3.05) is 0 Å². The van der Waals surface area contributed by atoms with Crippen LogP contribution in [0.15, 0.2) is 44.7 Å². The standard InChI is InChI=1S/C20H23BrN4O3/c1-4-5-7-12-14(16(26)13-10-8-6-9-11-13)25-15-17(22-19(25)21)23(2)20(28)24(3)18(15)27/h6,8-11,14H,4-5,7,12H2,1-3H3/t14-/m0/s1. The molecule has 0 saturated heterocycles. The third kappa shape index (κ3) is 3.48. The van der Waals surface area contributed by atoms with Gasteiger partial charge in [-0.15, -0.1) is 0 Å². The fourth-order valence-corrected chi connectivity index (χ4v) is 4.02. The molecule has 0 aliphatic carbocycles. The molecule has 3 aromatic rings. The second kappa shape index (κ2) is 8.26. The van der Waals surface area contributed by atoms with Crippen LogP contribution in [-0.4, -0.2) is 24.5 Å². The van der Waals surface area contributed by atoms with Crippen molar-refractivity contribution in [3.63, 3.8) is 0 Å². The highest BCUT2D eigenvalue weighted by Crippen LogP contribution is 2.28. The number of halogens is 1. The molecule has 0 bridgehead atoms. The molecule has 0 fully saturated rings. The Morgan fingerprint density at radius 1 is 1.11 bits per heavy atom. The first-order chi connectivity index (χ1) is 13.4. The fourth-order valence-electron chi connectivity index (χ4n) is 3.43. The maximum atomic E-state index is 13.3. The SMILES string of the molecule is CCCCC[C@@H](C(=O)c1ccccc1)n1c(Br)nc2c1c(=O)n(C)c(=O)n2C. The molecule has 0 spiro atoms. The molecule has 3 rings (SSSR count). The Morgan fingerprint density at radius 2 is 1.79 bits per heavy atom. The molecule has 0 amide bonds. The minimum atomic E-state index is -0.585. The van der Waals surface area contributed by atoms with E-state index in [4.69, 9.17) is 0 Å². The Labute approximate surface area is 170 Å². The Bertz CT molecular complexity index is 1130. The van der Waals surface area contributed by atoms with Crippen molar-refractivity contribution in [2.45, 2.75) is 38.6 Å². The normalized spacial score (nSPS) is 12.4. The maximum absolute atomic E-state index is 13.3. The molecule has 148 valence electrons. The van der Waals surface area contributed by atoms with Gasteiger partial charge in [-0.1, -0.05) is 56.5 Å². The van der Waals surface area contributed by atoms with E-state index in [9.17, 15) is 14.4 Å². The summed E-state index contributed by atoms with van der Waals surface area (Å²) in [6, 6.07) is 8.46. The number of ketones is 1. The quantitative estimate of drug-likeness (QED) is 0.317. The number of carbonyl (C=O) groups is 1. The number of carbonyl (C=O) groups excluding carboxylic acids is 1. The summed E-state index contributed by atoms with van der Waals surface area (Å²) >= 11 is 3.41. The molecule has 2 aromatic heterocycles. The predicted molar refractivity (Wildman–Crippen MR) is 112 cm³/mol. The van der Waals surface area contributed by atoms with Crippen molar-refractivity contribution >= 4 is 32.9 Å². The first kappa shape index (κ1) is 20.3. The molecule has 0 aliphatic heterocycles.